The van der Waals surface area contributed by atoms with Crippen LogP contribution >= 0.6 is 0 Å². The van der Waals surface area contributed by atoms with E-state index in [0.29, 0.717) is 5.71 Å². The van der Waals surface area contributed by atoms with Gasteiger partial charge in [0.2, 0.25) is 10.0 Å². The fourth-order valence-electron chi connectivity index (χ4n) is 2.52. The molecule has 2 aromatic rings. The second-order valence-electron chi connectivity index (χ2n) is 5.70. The van der Waals surface area contributed by atoms with Gasteiger partial charge in [-0.05, 0) is 24.6 Å². The number of hydrogen-bond acceptors (Lipinski definition) is 6. The molecule has 0 atom stereocenters. The van der Waals surface area contributed by atoms with Crippen LogP contribution in [0.25, 0.3) is 0 Å². The van der Waals surface area contributed by atoms with Crippen molar-refractivity contribution in [3.8, 4) is 0 Å². The summed E-state index contributed by atoms with van der Waals surface area (Å²) in [5.74, 6) is 0. The van der Waals surface area contributed by atoms with Crippen molar-refractivity contribution < 1.29 is 13.3 Å². The number of hydrazone groups is 1. The first-order valence-electron chi connectivity index (χ1n) is 8.45. The van der Waals surface area contributed by atoms with E-state index in [1.807, 2.05) is 30.3 Å². The molecular weight excluding hydrogens is 368 g/mol. The molecule has 0 saturated heterocycles. The van der Waals surface area contributed by atoms with Crippen LogP contribution in [0.2, 0.25) is 0 Å². The molecule has 0 heterocycles. The Kier molecular flexibility index (Phi) is 6.65. The lowest BCUT2D eigenvalue weighted by Gasteiger charge is -2.18. The standard InChI is InChI=1S/C18H22N4O4S/c1-4-21(5-2)27(25,26)16-11-12-17(18(13-16)22(23)24)20-19-14(3)15-9-7-6-8-10-15/h6-13,20H,4-5H2,1-3H3. The highest BCUT2D eigenvalue weighted by Crippen LogP contribution is 2.29. The third kappa shape index (κ3) is 4.69. The largest absolute Gasteiger partial charge is 0.295 e. The number of nitro groups is 1. The van der Waals surface area contributed by atoms with Gasteiger partial charge in [-0.2, -0.15) is 9.41 Å². The van der Waals surface area contributed by atoms with E-state index in [1.165, 1.54) is 16.4 Å². The Labute approximate surface area is 158 Å². The van der Waals surface area contributed by atoms with E-state index in [4.69, 9.17) is 0 Å². The van der Waals surface area contributed by atoms with Crippen molar-refractivity contribution in [2.75, 3.05) is 18.5 Å². The quantitative estimate of drug-likeness (QED) is 0.422. The fourth-order valence-corrected chi connectivity index (χ4v) is 4.00. The zero-order valence-electron chi connectivity index (χ0n) is 15.4. The minimum absolute atomic E-state index is 0.118. The highest BCUT2D eigenvalue weighted by atomic mass is 32.2. The topological polar surface area (TPSA) is 105 Å². The van der Waals surface area contributed by atoms with Crippen LogP contribution in [0, 0.1) is 10.1 Å². The molecule has 0 saturated carbocycles. The monoisotopic (exact) mass is 390 g/mol. The first kappa shape index (κ1) is 20.5. The summed E-state index contributed by atoms with van der Waals surface area (Å²) in [6, 6.07) is 13.1. The van der Waals surface area contributed by atoms with E-state index in [9.17, 15) is 18.5 Å². The third-order valence-electron chi connectivity index (χ3n) is 4.04. The Morgan fingerprint density at radius 3 is 2.33 bits per heavy atom. The lowest BCUT2D eigenvalue weighted by Crippen LogP contribution is -2.30. The van der Waals surface area contributed by atoms with E-state index >= 15 is 0 Å². The molecule has 2 aromatic carbocycles. The van der Waals surface area contributed by atoms with E-state index in [2.05, 4.69) is 10.5 Å². The predicted molar refractivity (Wildman–Crippen MR) is 105 cm³/mol. The van der Waals surface area contributed by atoms with Crippen molar-refractivity contribution in [3.05, 3.63) is 64.2 Å². The molecule has 0 aromatic heterocycles. The minimum Gasteiger partial charge on any atom is -0.271 e. The zero-order chi connectivity index (χ0) is 20.0. The van der Waals surface area contributed by atoms with Crippen LogP contribution in [0.3, 0.4) is 0 Å². The molecular formula is C18H22N4O4S. The molecule has 27 heavy (non-hydrogen) atoms. The lowest BCUT2D eigenvalue weighted by molar-refractivity contribution is -0.384. The highest BCUT2D eigenvalue weighted by molar-refractivity contribution is 7.89. The van der Waals surface area contributed by atoms with Crippen LogP contribution in [-0.2, 0) is 10.0 Å². The van der Waals surface area contributed by atoms with Gasteiger partial charge < -0.3 is 0 Å². The highest BCUT2D eigenvalue weighted by Gasteiger charge is 2.25. The van der Waals surface area contributed by atoms with Crippen molar-refractivity contribution in [1.82, 2.24) is 4.31 Å². The van der Waals surface area contributed by atoms with Crippen LogP contribution in [0.1, 0.15) is 26.3 Å². The summed E-state index contributed by atoms with van der Waals surface area (Å²) in [6.07, 6.45) is 0. The summed E-state index contributed by atoms with van der Waals surface area (Å²) in [5, 5.41) is 15.6. The Balaban J connectivity index is 2.38. The number of nitro benzene ring substituents is 1. The molecule has 0 bridgehead atoms. The molecule has 0 amide bonds. The summed E-state index contributed by atoms with van der Waals surface area (Å²) < 4.78 is 26.4. The molecule has 1 N–H and O–H groups in total. The third-order valence-corrected chi connectivity index (χ3v) is 6.09. The minimum atomic E-state index is -3.78. The van der Waals surface area contributed by atoms with Crippen molar-refractivity contribution in [3.63, 3.8) is 0 Å². The van der Waals surface area contributed by atoms with Gasteiger partial charge in [0, 0.05) is 19.2 Å². The molecule has 144 valence electrons. The number of benzene rings is 2. The molecule has 0 fully saturated rings. The maximum Gasteiger partial charge on any atom is 0.295 e. The first-order chi connectivity index (χ1) is 12.8. The van der Waals surface area contributed by atoms with Gasteiger partial charge in [0.1, 0.15) is 5.69 Å². The van der Waals surface area contributed by atoms with Gasteiger partial charge in [-0.3, -0.25) is 15.5 Å². The Morgan fingerprint density at radius 1 is 1.15 bits per heavy atom. The van der Waals surface area contributed by atoms with Crippen LogP contribution in [0.15, 0.2) is 58.5 Å². The number of anilines is 1. The molecule has 0 unspecified atom stereocenters. The van der Waals surface area contributed by atoms with Crippen LogP contribution < -0.4 is 5.43 Å². The van der Waals surface area contributed by atoms with Gasteiger partial charge in [0.25, 0.3) is 5.69 Å². The summed E-state index contributed by atoms with van der Waals surface area (Å²) in [7, 11) is -3.78. The average Bonchev–Trinajstić information content (AvgIpc) is 2.67. The number of nitrogens with one attached hydrogen (secondary N) is 1. The van der Waals surface area contributed by atoms with E-state index < -0.39 is 14.9 Å². The Hall–Kier alpha value is -2.78. The normalized spacial score (nSPS) is 12.2. The maximum atomic E-state index is 12.6. The summed E-state index contributed by atoms with van der Waals surface area (Å²) in [4.78, 5) is 10.7. The van der Waals surface area contributed by atoms with E-state index in [1.54, 1.807) is 20.8 Å². The van der Waals surface area contributed by atoms with Crippen molar-refractivity contribution >= 4 is 27.1 Å². The molecule has 9 heteroatoms. The molecule has 8 nitrogen and oxygen atoms in total. The van der Waals surface area contributed by atoms with Crippen LogP contribution in [0.5, 0.6) is 0 Å². The maximum absolute atomic E-state index is 12.6. The van der Waals surface area contributed by atoms with Crippen LogP contribution in [0.4, 0.5) is 11.4 Å². The average molecular weight is 390 g/mol. The number of sulfonamides is 1. The predicted octanol–water partition coefficient (Wildman–Crippen LogP) is 3.46. The zero-order valence-corrected chi connectivity index (χ0v) is 16.2. The van der Waals surface area contributed by atoms with Gasteiger partial charge in [0.05, 0.1) is 15.5 Å². The molecule has 0 spiro atoms. The van der Waals surface area contributed by atoms with Crippen molar-refractivity contribution in [2.24, 2.45) is 5.10 Å². The van der Waals surface area contributed by atoms with Gasteiger partial charge in [-0.25, -0.2) is 8.42 Å². The molecule has 0 aliphatic rings. The van der Waals surface area contributed by atoms with Gasteiger partial charge in [-0.1, -0.05) is 44.2 Å². The van der Waals surface area contributed by atoms with Gasteiger partial charge in [-0.15, -0.1) is 0 Å². The number of hydrogen-bond donors (Lipinski definition) is 1. The van der Waals surface area contributed by atoms with E-state index in [0.717, 1.165) is 11.6 Å². The SMILES string of the molecule is CCN(CC)S(=O)(=O)c1ccc(NN=C(C)c2ccccc2)c([N+](=O)[O-])c1. The Bertz CT molecular complexity index is 939. The second kappa shape index (κ2) is 8.74. The first-order valence-corrected chi connectivity index (χ1v) is 9.89. The summed E-state index contributed by atoms with van der Waals surface area (Å²) >= 11 is 0. The smallest absolute Gasteiger partial charge is 0.271 e. The number of rotatable bonds is 8. The summed E-state index contributed by atoms with van der Waals surface area (Å²) in [6.45, 7) is 5.77. The number of nitrogens with zero attached hydrogens (tertiary/aromatic N) is 3. The van der Waals surface area contributed by atoms with Gasteiger partial charge >= 0.3 is 0 Å². The van der Waals surface area contributed by atoms with Crippen LogP contribution in [-0.4, -0.2) is 36.4 Å². The molecule has 0 aliphatic heterocycles. The summed E-state index contributed by atoms with van der Waals surface area (Å²) in [5.41, 5.74) is 3.94. The lowest BCUT2D eigenvalue weighted by atomic mass is 10.1. The molecule has 0 radical (unpaired) electrons. The second-order valence-corrected chi connectivity index (χ2v) is 7.64. The van der Waals surface area contributed by atoms with E-state index in [-0.39, 0.29) is 29.4 Å². The van der Waals surface area contributed by atoms with Gasteiger partial charge in [0.15, 0.2) is 0 Å². The molecule has 2 rings (SSSR count). The van der Waals surface area contributed by atoms with Crippen molar-refractivity contribution in [2.45, 2.75) is 25.7 Å². The fraction of sp³-hybridized carbons (Fsp3) is 0.278. The molecule has 0 aliphatic carbocycles. The Morgan fingerprint density at radius 2 is 1.78 bits per heavy atom. The van der Waals surface area contributed by atoms with Crippen molar-refractivity contribution in [1.29, 1.82) is 0 Å².